The first-order valence-electron chi connectivity index (χ1n) is 6.44. The van der Waals surface area contributed by atoms with E-state index in [0.29, 0.717) is 5.82 Å². The first kappa shape index (κ1) is 12.5. The molecule has 3 heterocycles. The molecule has 3 aromatic heterocycles. The van der Waals surface area contributed by atoms with Gasteiger partial charge in [-0.2, -0.15) is 0 Å². The fourth-order valence-corrected chi connectivity index (χ4v) is 2.11. The number of anilines is 2. The lowest BCUT2D eigenvalue weighted by Gasteiger charge is -2.12. The highest BCUT2D eigenvalue weighted by Gasteiger charge is 2.12. The third kappa shape index (κ3) is 1.97. The minimum Gasteiger partial charge on any atom is -0.383 e. The molecule has 0 unspecified atom stereocenters. The third-order valence-electron chi connectivity index (χ3n) is 3.31. The number of nitrogens with zero attached hydrogens (tertiary/aromatic N) is 4. The molecular formula is C15H17N5. The lowest BCUT2D eigenvalue weighted by atomic mass is 10.2. The van der Waals surface area contributed by atoms with E-state index in [9.17, 15) is 0 Å². The molecule has 0 saturated heterocycles. The standard InChI is InChI=1S/C15H17N5/c1-10-4-6-12(17-8-10)14-15(16)20-9-11(19(2)3)5-7-13(20)18-14/h4-9H,16H2,1-3H3. The van der Waals surface area contributed by atoms with Crippen molar-refractivity contribution >= 4 is 17.2 Å². The topological polar surface area (TPSA) is 59.5 Å². The summed E-state index contributed by atoms with van der Waals surface area (Å²) < 4.78 is 1.90. The minimum absolute atomic E-state index is 0.611. The Morgan fingerprint density at radius 1 is 1.15 bits per heavy atom. The van der Waals surface area contributed by atoms with Crippen LogP contribution >= 0.6 is 0 Å². The number of rotatable bonds is 2. The summed E-state index contributed by atoms with van der Waals surface area (Å²) in [5.74, 6) is 0.611. The van der Waals surface area contributed by atoms with Crippen molar-refractivity contribution < 1.29 is 0 Å². The van der Waals surface area contributed by atoms with Gasteiger partial charge in [0.15, 0.2) is 0 Å². The molecule has 0 radical (unpaired) electrons. The summed E-state index contributed by atoms with van der Waals surface area (Å²) in [5, 5.41) is 0. The number of imidazole rings is 1. The van der Waals surface area contributed by atoms with Crippen LogP contribution in [0.5, 0.6) is 0 Å². The SMILES string of the molecule is Cc1ccc(-c2nc3ccc(N(C)C)cn3c2N)nc1. The average molecular weight is 267 g/mol. The highest BCUT2D eigenvalue weighted by molar-refractivity contribution is 5.73. The molecule has 3 rings (SSSR count). The van der Waals surface area contributed by atoms with Gasteiger partial charge >= 0.3 is 0 Å². The van der Waals surface area contributed by atoms with Crippen molar-refractivity contribution in [3.8, 4) is 11.4 Å². The van der Waals surface area contributed by atoms with Gasteiger partial charge in [0.2, 0.25) is 0 Å². The Kier molecular flexibility index (Phi) is 2.82. The van der Waals surface area contributed by atoms with E-state index in [0.717, 1.165) is 28.3 Å². The van der Waals surface area contributed by atoms with Gasteiger partial charge in [0.25, 0.3) is 0 Å². The Bertz CT molecular complexity index is 756. The summed E-state index contributed by atoms with van der Waals surface area (Å²) in [7, 11) is 3.99. The minimum atomic E-state index is 0.611. The first-order chi connectivity index (χ1) is 9.56. The van der Waals surface area contributed by atoms with Crippen LogP contribution in [0, 0.1) is 6.92 Å². The number of nitrogen functional groups attached to an aromatic ring is 1. The molecule has 0 bridgehead atoms. The van der Waals surface area contributed by atoms with Crippen LogP contribution in [-0.4, -0.2) is 28.5 Å². The van der Waals surface area contributed by atoms with Crippen LogP contribution in [0.3, 0.4) is 0 Å². The fourth-order valence-electron chi connectivity index (χ4n) is 2.11. The quantitative estimate of drug-likeness (QED) is 0.774. The maximum atomic E-state index is 6.22. The number of hydrogen-bond donors (Lipinski definition) is 1. The maximum absolute atomic E-state index is 6.22. The van der Waals surface area contributed by atoms with Crippen LogP contribution in [0.1, 0.15) is 5.56 Å². The van der Waals surface area contributed by atoms with Gasteiger partial charge in [-0.1, -0.05) is 6.07 Å². The summed E-state index contributed by atoms with van der Waals surface area (Å²) in [4.78, 5) is 11.0. The van der Waals surface area contributed by atoms with Crippen molar-refractivity contribution in [2.75, 3.05) is 24.7 Å². The molecule has 102 valence electrons. The van der Waals surface area contributed by atoms with Gasteiger partial charge in [0.05, 0.1) is 11.4 Å². The van der Waals surface area contributed by atoms with E-state index in [1.54, 1.807) is 0 Å². The van der Waals surface area contributed by atoms with Crippen molar-refractivity contribution in [2.45, 2.75) is 6.92 Å². The smallest absolute Gasteiger partial charge is 0.139 e. The molecule has 0 aliphatic heterocycles. The molecule has 5 heteroatoms. The Labute approximate surface area is 117 Å². The number of nitrogens with two attached hydrogens (primary N) is 1. The molecule has 0 aliphatic carbocycles. The second kappa shape index (κ2) is 4.52. The molecule has 0 atom stereocenters. The second-order valence-corrected chi connectivity index (χ2v) is 5.08. The number of pyridine rings is 2. The summed E-state index contributed by atoms with van der Waals surface area (Å²) in [6.45, 7) is 2.01. The van der Waals surface area contributed by atoms with Crippen molar-refractivity contribution in [1.82, 2.24) is 14.4 Å². The van der Waals surface area contributed by atoms with Crippen LogP contribution in [0.25, 0.3) is 17.0 Å². The first-order valence-corrected chi connectivity index (χ1v) is 6.44. The molecule has 2 N–H and O–H groups in total. The van der Waals surface area contributed by atoms with Gasteiger partial charge in [-0.3, -0.25) is 9.38 Å². The normalized spacial score (nSPS) is 10.9. The van der Waals surface area contributed by atoms with Crippen molar-refractivity contribution in [3.63, 3.8) is 0 Å². The lowest BCUT2D eigenvalue weighted by molar-refractivity contribution is 1.09. The van der Waals surface area contributed by atoms with E-state index in [2.05, 4.69) is 9.97 Å². The van der Waals surface area contributed by atoms with Crippen LogP contribution < -0.4 is 10.6 Å². The zero-order valence-corrected chi connectivity index (χ0v) is 11.8. The van der Waals surface area contributed by atoms with E-state index in [1.807, 2.05) is 67.0 Å². The predicted molar refractivity (Wildman–Crippen MR) is 81.9 cm³/mol. The molecule has 0 fully saturated rings. The Hall–Kier alpha value is -2.56. The van der Waals surface area contributed by atoms with Gasteiger partial charge in [-0.25, -0.2) is 4.98 Å². The largest absolute Gasteiger partial charge is 0.383 e. The average Bonchev–Trinajstić information content (AvgIpc) is 2.76. The van der Waals surface area contributed by atoms with Crippen LogP contribution in [0.15, 0.2) is 36.7 Å². The van der Waals surface area contributed by atoms with E-state index in [4.69, 9.17) is 5.73 Å². The highest BCUT2D eigenvalue weighted by atomic mass is 15.1. The van der Waals surface area contributed by atoms with Gasteiger partial charge in [0.1, 0.15) is 17.2 Å². The van der Waals surface area contributed by atoms with Gasteiger partial charge in [-0.15, -0.1) is 0 Å². The summed E-state index contributed by atoms with van der Waals surface area (Å²) in [5.41, 5.74) is 10.8. The van der Waals surface area contributed by atoms with Crippen LogP contribution in [-0.2, 0) is 0 Å². The zero-order chi connectivity index (χ0) is 14.3. The van der Waals surface area contributed by atoms with Gasteiger partial charge in [0, 0.05) is 26.5 Å². The van der Waals surface area contributed by atoms with Crippen molar-refractivity contribution in [1.29, 1.82) is 0 Å². The Morgan fingerprint density at radius 2 is 1.95 bits per heavy atom. The molecule has 0 saturated carbocycles. The summed E-state index contributed by atoms with van der Waals surface area (Å²) in [6, 6.07) is 7.94. The zero-order valence-electron chi connectivity index (χ0n) is 11.8. The van der Waals surface area contributed by atoms with E-state index in [-0.39, 0.29) is 0 Å². The number of aromatic nitrogens is 3. The van der Waals surface area contributed by atoms with E-state index in [1.165, 1.54) is 0 Å². The predicted octanol–water partition coefficient (Wildman–Crippen LogP) is 2.35. The van der Waals surface area contributed by atoms with E-state index >= 15 is 0 Å². The molecule has 0 aliphatic rings. The molecule has 20 heavy (non-hydrogen) atoms. The number of fused-ring (bicyclic) bond motifs is 1. The summed E-state index contributed by atoms with van der Waals surface area (Å²) in [6.07, 6.45) is 3.80. The highest BCUT2D eigenvalue weighted by Crippen LogP contribution is 2.26. The lowest BCUT2D eigenvalue weighted by Crippen LogP contribution is -2.09. The summed E-state index contributed by atoms with van der Waals surface area (Å²) >= 11 is 0. The molecule has 0 spiro atoms. The van der Waals surface area contributed by atoms with Crippen molar-refractivity contribution in [3.05, 3.63) is 42.2 Å². The van der Waals surface area contributed by atoms with Gasteiger partial charge in [-0.05, 0) is 30.7 Å². The number of aryl methyl sites for hydroxylation is 1. The molecule has 3 aromatic rings. The van der Waals surface area contributed by atoms with Gasteiger partial charge < -0.3 is 10.6 Å². The van der Waals surface area contributed by atoms with Crippen LogP contribution in [0.4, 0.5) is 11.5 Å². The molecule has 5 nitrogen and oxygen atoms in total. The van der Waals surface area contributed by atoms with E-state index < -0.39 is 0 Å². The molecule has 0 aromatic carbocycles. The van der Waals surface area contributed by atoms with Crippen LogP contribution in [0.2, 0.25) is 0 Å². The Morgan fingerprint density at radius 3 is 2.60 bits per heavy atom. The van der Waals surface area contributed by atoms with Crippen molar-refractivity contribution in [2.24, 2.45) is 0 Å². The number of hydrogen-bond acceptors (Lipinski definition) is 4. The monoisotopic (exact) mass is 267 g/mol. The maximum Gasteiger partial charge on any atom is 0.139 e. The molecule has 0 amide bonds. The third-order valence-corrected chi connectivity index (χ3v) is 3.31. The second-order valence-electron chi connectivity index (χ2n) is 5.08. The Balaban J connectivity index is 2.17. The fraction of sp³-hybridized carbons (Fsp3) is 0.200. The molecular weight excluding hydrogens is 250 g/mol.